The number of hydrogen-bond donors (Lipinski definition) is 1. The topological polar surface area (TPSA) is 83.2 Å². The molecule has 8 heteroatoms. The molecule has 0 unspecified atom stereocenters. The third-order valence-electron chi connectivity index (χ3n) is 5.18. The molecule has 1 aliphatic heterocycles. The van der Waals surface area contributed by atoms with E-state index in [0.29, 0.717) is 5.69 Å². The summed E-state index contributed by atoms with van der Waals surface area (Å²) in [6.45, 7) is 1.43. The van der Waals surface area contributed by atoms with E-state index >= 15 is 0 Å². The summed E-state index contributed by atoms with van der Waals surface area (Å²) in [6.07, 6.45) is 9.88. The van der Waals surface area contributed by atoms with Crippen molar-refractivity contribution in [1.29, 1.82) is 0 Å². The van der Waals surface area contributed by atoms with Crippen LogP contribution in [0.1, 0.15) is 48.6 Å². The summed E-state index contributed by atoms with van der Waals surface area (Å²) in [5.74, 6) is 0.659. The highest BCUT2D eigenvalue weighted by atomic mass is 16.5. The van der Waals surface area contributed by atoms with Gasteiger partial charge in [-0.05, 0) is 38.2 Å². The summed E-state index contributed by atoms with van der Waals surface area (Å²) < 4.78 is 15.0. The quantitative estimate of drug-likeness (QED) is 0.878. The lowest BCUT2D eigenvalue weighted by atomic mass is 10.1. The molecule has 26 heavy (non-hydrogen) atoms. The van der Waals surface area contributed by atoms with Crippen LogP contribution in [0.2, 0.25) is 0 Å². The molecule has 1 amide bonds. The number of nitrogens with zero attached hydrogens (tertiary/aromatic N) is 4. The molecule has 1 saturated heterocycles. The molecule has 2 aliphatic rings. The average Bonchev–Trinajstić information content (AvgIpc) is 3.38. The van der Waals surface area contributed by atoms with Crippen LogP contribution in [-0.2, 0) is 11.8 Å². The Morgan fingerprint density at radius 1 is 1.27 bits per heavy atom. The molecule has 4 rings (SSSR count). The Morgan fingerprint density at radius 2 is 2.12 bits per heavy atom. The zero-order valence-electron chi connectivity index (χ0n) is 15.0. The highest BCUT2D eigenvalue weighted by Gasteiger charge is 2.32. The van der Waals surface area contributed by atoms with Gasteiger partial charge in [-0.25, -0.2) is 0 Å². The van der Waals surface area contributed by atoms with Crippen molar-refractivity contribution >= 4 is 5.91 Å². The molecule has 0 radical (unpaired) electrons. The molecule has 2 fully saturated rings. The number of nitrogens with one attached hydrogen (secondary N) is 1. The number of amides is 1. The van der Waals surface area contributed by atoms with Crippen molar-refractivity contribution in [2.45, 2.75) is 50.3 Å². The number of rotatable bonds is 5. The first-order valence-corrected chi connectivity index (χ1v) is 9.28. The summed E-state index contributed by atoms with van der Waals surface area (Å²) in [6, 6.07) is 2.02. The third kappa shape index (κ3) is 3.60. The smallest absolute Gasteiger partial charge is 0.269 e. The number of carbonyl (C=O) groups is 1. The molecule has 1 saturated carbocycles. The molecule has 0 bridgehead atoms. The molecule has 0 aromatic carbocycles. The van der Waals surface area contributed by atoms with Crippen LogP contribution in [-0.4, -0.2) is 50.8 Å². The van der Waals surface area contributed by atoms with E-state index in [4.69, 9.17) is 9.47 Å². The van der Waals surface area contributed by atoms with Crippen LogP contribution in [0.3, 0.4) is 0 Å². The zero-order valence-corrected chi connectivity index (χ0v) is 15.0. The fourth-order valence-electron chi connectivity index (χ4n) is 3.82. The molecule has 1 N–H and O–H groups in total. The Morgan fingerprint density at radius 3 is 2.88 bits per heavy atom. The summed E-state index contributed by atoms with van der Waals surface area (Å²) in [4.78, 5) is 12.9. The number of aromatic nitrogens is 4. The molecular formula is C18H25N5O3. The first-order valence-electron chi connectivity index (χ1n) is 9.28. The summed E-state index contributed by atoms with van der Waals surface area (Å²) in [5, 5.41) is 11.7. The lowest BCUT2D eigenvalue weighted by Gasteiger charge is -2.25. The van der Waals surface area contributed by atoms with E-state index in [2.05, 4.69) is 15.5 Å². The Labute approximate surface area is 152 Å². The van der Waals surface area contributed by atoms with Gasteiger partial charge in [0, 0.05) is 26.5 Å². The van der Waals surface area contributed by atoms with Gasteiger partial charge in [-0.15, -0.1) is 0 Å². The van der Waals surface area contributed by atoms with Gasteiger partial charge in [0.05, 0.1) is 24.5 Å². The van der Waals surface area contributed by atoms with Crippen LogP contribution in [0.15, 0.2) is 24.7 Å². The van der Waals surface area contributed by atoms with Crippen molar-refractivity contribution in [3.05, 3.63) is 30.4 Å². The van der Waals surface area contributed by atoms with Crippen molar-refractivity contribution in [3.8, 4) is 5.75 Å². The Hall–Kier alpha value is -2.35. The van der Waals surface area contributed by atoms with E-state index in [1.165, 1.54) is 0 Å². The van der Waals surface area contributed by atoms with Gasteiger partial charge in [-0.2, -0.15) is 10.2 Å². The average molecular weight is 359 g/mol. The molecule has 140 valence electrons. The van der Waals surface area contributed by atoms with Crippen molar-refractivity contribution in [2.24, 2.45) is 7.05 Å². The van der Waals surface area contributed by atoms with Gasteiger partial charge in [0.15, 0.2) is 5.75 Å². The van der Waals surface area contributed by atoms with Crippen molar-refractivity contribution in [1.82, 2.24) is 24.9 Å². The number of aryl methyl sites for hydroxylation is 1. The standard InChI is InChI=1S/C18H25N5O3/c1-22-12-14(11-20-22)26-17-4-2-3-15(17)21-18(24)16-5-8-19-23(16)13-6-9-25-10-7-13/h5,8,11-13,15,17H,2-4,6-7,9-10H2,1H3,(H,21,24)/t15-,17+/m0/s1. The van der Waals surface area contributed by atoms with Crippen LogP contribution >= 0.6 is 0 Å². The van der Waals surface area contributed by atoms with Crippen LogP contribution < -0.4 is 10.1 Å². The largest absolute Gasteiger partial charge is 0.485 e. The van der Waals surface area contributed by atoms with Crippen molar-refractivity contribution in [3.63, 3.8) is 0 Å². The number of ether oxygens (including phenoxy) is 2. The molecule has 8 nitrogen and oxygen atoms in total. The monoisotopic (exact) mass is 359 g/mol. The second-order valence-corrected chi connectivity index (χ2v) is 7.02. The molecule has 1 aliphatic carbocycles. The highest BCUT2D eigenvalue weighted by molar-refractivity contribution is 5.92. The Bertz CT molecular complexity index is 750. The van der Waals surface area contributed by atoms with Crippen molar-refractivity contribution < 1.29 is 14.3 Å². The summed E-state index contributed by atoms with van der Waals surface area (Å²) in [7, 11) is 1.86. The van der Waals surface area contributed by atoms with Gasteiger partial charge in [-0.3, -0.25) is 14.2 Å². The van der Waals surface area contributed by atoms with Gasteiger partial charge in [0.1, 0.15) is 11.8 Å². The SMILES string of the molecule is Cn1cc(O[C@@H]2CCC[C@@H]2NC(=O)c2ccnn2C2CCOCC2)cn1. The highest BCUT2D eigenvalue weighted by Crippen LogP contribution is 2.26. The maximum Gasteiger partial charge on any atom is 0.269 e. The van der Waals surface area contributed by atoms with E-state index in [9.17, 15) is 4.79 Å². The third-order valence-corrected chi connectivity index (χ3v) is 5.18. The van der Waals surface area contributed by atoms with Crippen LogP contribution in [0.5, 0.6) is 5.75 Å². The van der Waals surface area contributed by atoms with Gasteiger partial charge in [0.25, 0.3) is 5.91 Å². The molecule has 3 heterocycles. The number of carbonyl (C=O) groups excluding carboxylic acids is 1. The Kier molecular flexibility index (Phi) is 4.92. The lowest BCUT2D eigenvalue weighted by molar-refractivity contribution is 0.0637. The second-order valence-electron chi connectivity index (χ2n) is 7.02. The first kappa shape index (κ1) is 17.1. The van der Waals surface area contributed by atoms with Crippen LogP contribution in [0.4, 0.5) is 0 Å². The zero-order chi connectivity index (χ0) is 17.9. The fourth-order valence-corrected chi connectivity index (χ4v) is 3.82. The maximum absolute atomic E-state index is 12.9. The van der Waals surface area contributed by atoms with Gasteiger partial charge in [0.2, 0.25) is 0 Å². The molecule has 2 aromatic heterocycles. The van der Waals surface area contributed by atoms with E-state index < -0.39 is 0 Å². The molecule has 0 spiro atoms. The molecule has 2 aromatic rings. The van der Waals surface area contributed by atoms with E-state index in [1.54, 1.807) is 23.1 Å². The number of hydrogen-bond acceptors (Lipinski definition) is 5. The lowest BCUT2D eigenvalue weighted by Crippen LogP contribution is -2.43. The summed E-state index contributed by atoms with van der Waals surface area (Å²) >= 11 is 0. The normalized spacial score (nSPS) is 23.9. The van der Waals surface area contributed by atoms with Crippen molar-refractivity contribution in [2.75, 3.05) is 13.2 Å². The van der Waals surface area contributed by atoms with Gasteiger partial charge >= 0.3 is 0 Å². The van der Waals surface area contributed by atoms with E-state index in [0.717, 1.165) is 51.1 Å². The molecule has 2 atom stereocenters. The summed E-state index contributed by atoms with van der Waals surface area (Å²) in [5.41, 5.74) is 0.615. The second kappa shape index (κ2) is 7.49. The maximum atomic E-state index is 12.9. The van der Waals surface area contributed by atoms with Crippen LogP contribution in [0.25, 0.3) is 0 Å². The van der Waals surface area contributed by atoms with Crippen LogP contribution in [0, 0.1) is 0 Å². The Balaban J connectivity index is 1.42. The molecular weight excluding hydrogens is 334 g/mol. The van der Waals surface area contributed by atoms with Gasteiger partial charge in [-0.1, -0.05) is 0 Å². The minimum absolute atomic E-state index is 0.000690. The van der Waals surface area contributed by atoms with E-state index in [-0.39, 0.29) is 24.1 Å². The first-order chi connectivity index (χ1) is 12.7. The van der Waals surface area contributed by atoms with E-state index in [1.807, 2.05) is 17.9 Å². The van der Waals surface area contributed by atoms with Gasteiger partial charge < -0.3 is 14.8 Å². The minimum atomic E-state index is -0.0827. The predicted octanol–water partition coefficient (Wildman–Crippen LogP) is 1.70. The minimum Gasteiger partial charge on any atom is -0.485 e. The fraction of sp³-hybridized carbons (Fsp3) is 0.611. The predicted molar refractivity (Wildman–Crippen MR) is 94.0 cm³/mol.